The van der Waals surface area contributed by atoms with Gasteiger partial charge in [-0.25, -0.2) is 0 Å². The molecule has 0 aliphatic carbocycles. The molecule has 0 amide bonds. The fraction of sp³-hybridized carbons (Fsp3) is 0.773. The zero-order chi connectivity index (χ0) is 19.9. The van der Waals surface area contributed by atoms with E-state index in [1.807, 2.05) is 20.8 Å². The monoisotopic (exact) mass is 476 g/mol. The van der Waals surface area contributed by atoms with Gasteiger partial charge in [0.25, 0.3) is 0 Å². The smallest absolute Gasteiger partial charge is 0.311 e. The largest absolute Gasteiger partial charge is 0.465 e. The number of hydrogen-bond donors (Lipinski definition) is 0. The zero-order valence-electron chi connectivity index (χ0n) is 17.3. The molecule has 0 N–H and O–H groups in total. The van der Waals surface area contributed by atoms with Crippen molar-refractivity contribution in [3.05, 3.63) is 22.3 Å². The predicted molar refractivity (Wildman–Crippen MR) is 117 cm³/mol. The highest BCUT2D eigenvalue weighted by atomic mass is 127. The molecule has 1 rings (SSSR count). The predicted octanol–water partition coefficient (Wildman–Crippen LogP) is 6.46. The maximum Gasteiger partial charge on any atom is 0.311 e. The maximum atomic E-state index is 11.8. The molecular formula is C22H37IO3. The third-order valence-electron chi connectivity index (χ3n) is 5.03. The summed E-state index contributed by atoms with van der Waals surface area (Å²) in [5.74, 6) is 1.11. The van der Waals surface area contributed by atoms with E-state index in [-0.39, 0.29) is 18.2 Å². The van der Waals surface area contributed by atoms with Crippen LogP contribution in [0.4, 0.5) is 0 Å². The molecule has 1 aliphatic rings. The van der Waals surface area contributed by atoms with E-state index in [9.17, 15) is 4.79 Å². The summed E-state index contributed by atoms with van der Waals surface area (Å²) in [6.07, 6.45) is 6.52. The Bertz CT molecular complexity index is 492. The Kier molecular flexibility index (Phi) is 9.87. The highest BCUT2D eigenvalue weighted by Crippen LogP contribution is 2.32. The van der Waals surface area contributed by atoms with E-state index >= 15 is 0 Å². The van der Waals surface area contributed by atoms with Crippen molar-refractivity contribution in [2.24, 2.45) is 17.3 Å². The zero-order valence-corrected chi connectivity index (χ0v) is 19.4. The SMILES string of the molecule is C=C(I)[C@H](C)C[C@H](C)CC[C@@H]1OC(CCCOC(=O)C(C)(C)C)CC1=C. The second-order valence-corrected chi connectivity index (χ2v) is 10.3. The number of carbonyl (C=O) groups excluding carboxylic acids is 1. The van der Waals surface area contributed by atoms with Crippen LogP contribution in [0.3, 0.4) is 0 Å². The lowest BCUT2D eigenvalue weighted by Gasteiger charge is -2.19. The van der Waals surface area contributed by atoms with Crippen molar-refractivity contribution in [2.45, 2.75) is 85.4 Å². The lowest BCUT2D eigenvalue weighted by Crippen LogP contribution is -2.23. The maximum absolute atomic E-state index is 11.8. The van der Waals surface area contributed by atoms with E-state index in [4.69, 9.17) is 9.47 Å². The molecule has 0 aromatic heterocycles. The molecule has 1 unspecified atom stereocenters. The quantitative estimate of drug-likeness (QED) is 0.157. The average Bonchev–Trinajstić information content (AvgIpc) is 2.88. The van der Waals surface area contributed by atoms with E-state index in [1.165, 1.54) is 15.6 Å². The summed E-state index contributed by atoms with van der Waals surface area (Å²) < 4.78 is 12.8. The summed E-state index contributed by atoms with van der Waals surface area (Å²) in [7, 11) is 0. The van der Waals surface area contributed by atoms with Gasteiger partial charge < -0.3 is 9.47 Å². The average molecular weight is 476 g/mol. The standard InChI is InChI=1S/C22H37IO3/c1-15(13-16(2)18(4)23)10-11-20-17(3)14-19(26-20)9-8-12-25-21(24)22(5,6)7/h15-16,19-20H,3-4,8-14H2,1-2,5-7H3/t15-,16-,19?,20+/m1/s1. The van der Waals surface area contributed by atoms with Crippen molar-refractivity contribution in [1.29, 1.82) is 0 Å². The van der Waals surface area contributed by atoms with Gasteiger partial charge in [-0.1, -0.05) is 27.0 Å². The number of hydrogen-bond acceptors (Lipinski definition) is 3. The van der Waals surface area contributed by atoms with E-state index in [2.05, 4.69) is 49.6 Å². The normalized spacial score (nSPS) is 22.9. The van der Waals surface area contributed by atoms with Crippen molar-refractivity contribution in [3.63, 3.8) is 0 Å². The molecule has 0 saturated carbocycles. The molecule has 4 heteroatoms. The topological polar surface area (TPSA) is 35.5 Å². The minimum Gasteiger partial charge on any atom is -0.465 e. The first-order valence-electron chi connectivity index (χ1n) is 9.85. The van der Waals surface area contributed by atoms with Crippen molar-refractivity contribution in [2.75, 3.05) is 6.61 Å². The molecule has 0 aromatic carbocycles. The molecule has 0 aromatic rings. The molecule has 1 aliphatic heterocycles. The molecule has 1 saturated heterocycles. The Balaban J connectivity index is 2.25. The van der Waals surface area contributed by atoms with E-state index in [1.54, 1.807) is 0 Å². The van der Waals surface area contributed by atoms with Gasteiger partial charge in [0.1, 0.15) is 0 Å². The number of rotatable bonds is 10. The third kappa shape index (κ3) is 8.55. The van der Waals surface area contributed by atoms with E-state index in [0.717, 1.165) is 32.1 Å². The van der Waals surface area contributed by atoms with Gasteiger partial charge in [-0.15, -0.1) is 0 Å². The first-order valence-corrected chi connectivity index (χ1v) is 10.9. The number of ether oxygens (including phenoxy) is 2. The molecule has 1 heterocycles. The summed E-state index contributed by atoms with van der Waals surface area (Å²) in [5.41, 5.74) is 0.793. The first-order chi connectivity index (χ1) is 12.0. The Morgan fingerprint density at radius 2 is 2.00 bits per heavy atom. The van der Waals surface area contributed by atoms with Crippen LogP contribution < -0.4 is 0 Å². The molecule has 4 atom stereocenters. The van der Waals surface area contributed by atoms with Crippen LogP contribution in [0.2, 0.25) is 0 Å². The van der Waals surface area contributed by atoms with Crippen LogP contribution in [0.25, 0.3) is 0 Å². The Labute approximate surface area is 174 Å². The molecule has 1 fully saturated rings. The summed E-state index contributed by atoms with van der Waals surface area (Å²) in [4.78, 5) is 11.8. The highest BCUT2D eigenvalue weighted by molar-refractivity contribution is 14.1. The molecule has 0 bridgehead atoms. The van der Waals surface area contributed by atoms with Gasteiger partial charge in [-0.3, -0.25) is 4.79 Å². The van der Waals surface area contributed by atoms with Crippen molar-refractivity contribution in [3.8, 4) is 0 Å². The van der Waals surface area contributed by atoms with Gasteiger partial charge in [-0.05, 0) is 103 Å². The van der Waals surface area contributed by atoms with Crippen molar-refractivity contribution in [1.82, 2.24) is 0 Å². The van der Waals surface area contributed by atoms with Crippen LogP contribution in [0.5, 0.6) is 0 Å². The van der Waals surface area contributed by atoms with E-state index in [0.29, 0.717) is 18.4 Å². The summed E-state index contributed by atoms with van der Waals surface area (Å²) in [6.45, 7) is 18.9. The van der Waals surface area contributed by atoms with Crippen LogP contribution in [0, 0.1) is 17.3 Å². The lowest BCUT2D eigenvalue weighted by molar-refractivity contribution is -0.153. The van der Waals surface area contributed by atoms with Crippen LogP contribution in [-0.2, 0) is 14.3 Å². The van der Waals surface area contributed by atoms with Gasteiger partial charge in [0, 0.05) is 0 Å². The molecule has 3 nitrogen and oxygen atoms in total. The van der Waals surface area contributed by atoms with Gasteiger partial charge in [0.2, 0.25) is 0 Å². The minimum absolute atomic E-state index is 0.135. The van der Waals surface area contributed by atoms with Crippen LogP contribution in [0.1, 0.15) is 73.1 Å². The lowest BCUT2D eigenvalue weighted by atomic mass is 9.91. The summed E-state index contributed by atoms with van der Waals surface area (Å²) >= 11 is 2.33. The molecule has 0 radical (unpaired) electrons. The molecule has 26 heavy (non-hydrogen) atoms. The second kappa shape index (κ2) is 10.8. The van der Waals surface area contributed by atoms with E-state index < -0.39 is 5.41 Å². The van der Waals surface area contributed by atoms with Gasteiger partial charge in [-0.2, -0.15) is 0 Å². The van der Waals surface area contributed by atoms with Gasteiger partial charge in [0.15, 0.2) is 0 Å². The number of allylic oxidation sites excluding steroid dienone is 1. The third-order valence-corrected chi connectivity index (χ3v) is 6.09. The van der Waals surface area contributed by atoms with Gasteiger partial charge in [0.05, 0.1) is 24.2 Å². The fourth-order valence-electron chi connectivity index (χ4n) is 3.22. The fourth-order valence-corrected chi connectivity index (χ4v) is 3.47. The minimum atomic E-state index is -0.429. The van der Waals surface area contributed by atoms with Crippen molar-refractivity contribution < 1.29 is 14.3 Å². The molecule has 0 spiro atoms. The second-order valence-electron chi connectivity index (χ2n) is 8.90. The molecule has 150 valence electrons. The van der Waals surface area contributed by atoms with Crippen molar-refractivity contribution >= 4 is 28.6 Å². The molecular weight excluding hydrogens is 439 g/mol. The number of carbonyl (C=O) groups is 1. The first kappa shape index (κ1) is 23.7. The van der Waals surface area contributed by atoms with Crippen LogP contribution >= 0.6 is 22.6 Å². The van der Waals surface area contributed by atoms with Crippen LogP contribution in [0.15, 0.2) is 22.3 Å². The Morgan fingerprint density at radius 3 is 2.58 bits per heavy atom. The Morgan fingerprint density at radius 1 is 1.35 bits per heavy atom. The summed E-state index contributed by atoms with van der Waals surface area (Å²) in [6, 6.07) is 0. The number of esters is 1. The number of halogens is 1. The summed E-state index contributed by atoms with van der Waals surface area (Å²) in [5, 5.41) is 0. The van der Waals surface area contributed by atoms with Crippen LogP contribution in [-0.4, -0.2) is 24.8 Å². The Hall–Kier alpha value is -0.360. The highest BCUT2D eigenvalue weighted by Gasteiger charge is 2.29. The van der Waals surface area contributed by atoms with Gasteiger partial charge >= 0.3 is 5.97 Å².